The van der Waals surface area contributed by atoms with E-state index in [9.17, 15) is 4.79 Å². The van der Waals surface area contributed by atoms with Crippen LogP contribution < -0.4 is 5.32 Å². The summed E-state index contributed by atoms with van der Waals surface area (Å²) in [5.74, 6) is -0.0888. The minimum atomic E-state index is -0.0956. The fourth-order valence-corrected chi connectivity index (χ4v) is 3.23. The van der Waals surface area contributed by atoms with E-state index in [2.05, 4.69) is 20.5 Å². The molecule has 0 fully saturated rings. The van der Waals surface area contributed by atoms with Gasteiger partial charge in [0.05, 0.1) is 17.4 Å². The number of carbonyl (C=O) groups is 1. The number of aromatic nitrogens is 3. The van der Waals surface area contributed by atoms with Crippen molar-refractivity contribution in [2.45, 2.75) is 40.2 Å². The molecule has 1 aromatic carbocycles. The maximum absolute atomic E-state index is 12.7. The molecule has 0 saturated heterocycles. The summed E-state index contributed by atoms with van der Waals surface area (Å²) in [6.07, 6.45) is 2.55. The number of aromatic amines is 1. The molecule has 0 spiro atoms. The van der Waals surface area contributed by atoms with E-state index >= 15 is 0 Å². The number of carbonyl (C=O) groups excluding carboxylic acids is 1. The summed E-state index contributed by atoms with van der Waals surface area (Å²) >= 11 is 0. The molecule has 2 aromatic heterocycles. The number of benzene rings is 1. The topological polar surface area (TPSA) is 70.7 Å². The average molecular weight is 348 g/mol. The van der Waals surface area contributed by atoms with Gasteiger partial charge in [0.15, 0.2) is 0 Å². The number of nitrogens with zero attached hydrogens (tertiary/aromatic N) is 2. The number of nitrogens with one attached hydrogen (secondary N) is 2. The molecule has 0 aliphatic heterocycles. The van der Waals surface area contributed by atoms with Crippen LogP contribution in [0.5, 0.6) is 0 Å². The molecule has 2 N–H and O–H groups in total. The molecular weight excluding hydrogens is 324 g/mol. The molecule has 2 heterocycles. The van der Waals surface area contributed by atoms with Crippen LogP contribution in [0, 0.1) is 20.8 Å². The van der Waals surface area contributed by atoms with Gasteiger partial charge in [-0.2, -0.15) is 5.10 Å². The zero-order valence-electron chi connectivity index (χ0n) is 15.6. The molecule has 3 rings (SSSR count). The Morgan fingerprint density at radius 1 is 1.15 bits per heavy atom. The number of H-pyrrole nitrogens is 1. The van der Waals surface area contributed by atoms with Crippen molar-refractivity contribution in [2.75, 3.05) is 0 Å². The summed E-state index contributed by atoms with van der Waals surface area (Å²) in [7, 11) is 0. The Balaban J connectivity index is 1.79. The van der Waals surface area contributed by atoms with Gasteiger partial charge in [0.1, 0.15) is 0 Å². The second kappa shape index (κ2) is 7.52. The van der Waals surface area contributed by atoms with E-state index in [4.69, 9.17) is 0 Å². The molecule has 0 aliphatic carbocycles. The van der Waals surface area contributed by atoms with Crippen LogP contribution in [-0.2, 0) is 0 Å². The van der Waals surface area contributed by atoms with Crippen molar-refractivity contribution >= 4 is 5.91 Å². The maximum Gasteiger partial charge on any atom is 0.251 e. The van der Waals surface area contributed by atoms with E-state index < -0.39 is 0 Å². The van der Waals surface area contributed by atoms with Gasteiger partial charge in [-0.25, -0.2) is 0 Å². The smallest absolute Gasteiger partial charge is 0.251 e. The third-order valence-corrected chi connectivity index (χ3v) is 4.66. The van der Waals surface area contributed by atoms with Gasteiger partial charge in [0, 0.05) is 23.0 Å². The lowest BCUT2D eigenvalue weighted by Crippen LogP contribution is -2.29. The summed E-state index contributed by atoms with van der Waals surface area (Å²) in [5.41, 5.74) is 6.77. The van der Waals surface area contributed by atoms with Crippen molar-refractivity contribution in [1.29, 1.82) is 0 Å². The van der Waals surface area contributed by atoms with Gasteiger partial charge in [-0.3, -0.25) is 14.9 Å². The number of aryl methyl sites for hydroxylation is 3. The summed E-state index contributed by atoms with van der Waals surface area (Å²) in [4.78, 5) is 17.1. The number of amides is 1. The van der Waals surface area contributed by atoms with Crippen molar-refractivity contribution in [3.63, 3.8) is 0 Å². The molecule has 5 heteroatoms. The molecule has 5 nitrogen and oxygen atoms in total. The van der Waals surface area contributed by atoms with Crippen molar-refractivity contribution in [3.05, 3.63) is 70.8 Å². The van der Waals surface area contributed by atoms with E-state index in [-0.39, 0.29) is 11.9 Å². The highest BCUT2D eigenvalue weighted by Crippen LogP contribution is 2.25. The van der Waals surface area contributed by atoms with Gasteiger partial charge in [0.2, 0.25) is 0 Å². The zero-order valence-corrected chi connectivity index (χ0v) is 15.6. The largest absolute Gasteiger partial charge is 0.344 e. The Bertz CT molecular complexity index is 893. The third-order valence-electron chi connectivity index (χ3n) is 4.66. The normalized spacial score (nSPS) is 12.0. The predicted octanol–water partition coefficient (Wildman–Crippen LogP) is 4.28. The van der Waals surface area contributed by atoms with Crippen molar-refractivity contribution in [1.82, 2.24) is 20.5 Å². The van der Waals surface area contributed by atoms with Crippen LogP contribution in [0.2, 0.25) is 0 Å². The first-order chi connectivity index (χ1) is 12.5. The van der Waals surface area contributed by atoms with Gasteiger partial charge in [0.25, 0.3) is 5.91 Å². The zero-order chi connectivity index (χ0) is 18.7. The number of hydrogen-bond donors (Lipinski definition) is 2. The molecule has 1 atom stereocenters. The van der Waals surface area contributed by atoms with Crippen LogP contribution in [0.4, 0.5) is 0 Å². The van der Waals surface area contributed by atoms with Crippen LogP contribution in [0.25, 0.3) is 11.1 Å². The van der Waals surface area contributed by atoms with Gasteiger partial charge in [-0.05, 0) is 56.5 Å². The first-order valence-electron chi connectivity index (χ1n) is 8.85. The quantitative estimate of drug-likeness (QED) is 0.723. The van der Waals surface area contributed by atoms with Gasteiger partial charge in [-0.1, -0.05) is 25.1 Å². The Labute approximate surface area is 153 Å². The second-order valence-electron chi connectivity index (χ2n) is 6.53. The highest BCUT2D eigenvalue weighted by Gasteiger charge is 2.17. The van der Waals surface area contributed by atoms with Gasteiger partial charge < -0.3 is 5.32 Å². The second-order valence-corrected chi connectivity index (χ2v) is 6.53. The lowest BCUT2D eigenvalue weighted by molar-refractivity contribution is 0.0934. The fourth-order valence-electron chi connectivity index (χ4n) is 3.23. The van der Waals surface area contributed by atoms with Crippen LogP contribution >= 0.6 is 0 Å². The summed E-state index contributed by atoms with van der Waals surface area (Å²) in [6, 6.07) is 11.5. The van der Waals surface area contributed by atoms with E-state index in [1.165, 1.54) is 0 Å². The summed E-state index contributed by atoms with van der Waals surface area (Å²) in [5, 5.41) is 10.3. The molecular formula is C21H24N4O. The highest BCUT2D eigenvalue weighted by atomic mass is 16.1. The molecule has 0 radical (unpaired) electrons. The maximum atomic E-state index is 12.7. The number of rotatable bonds is 5. The lowest BCUT2D eigenvalue weighted by Gasteiger charge is -2.18. The first kappa shape index (κ1) is 17.9. The van der Waals surface area contributed by atoms with Crippen molar-refractivity contribution < 1.29 is 4.79 Å². The number of hydrogen-bond acceptors (Lipinski definition) is 3. The first-order valence-corrected chi connectivity index (χ1v) is 8.85. The van der Waals surface area contributed by atoms with Gasteiger partial charge >= 0.3 is 0 Å². The molecule has 26 heavy (non-hydrogen) atoms. The Morgan fingerprint density at radius 3 is 2.46 bits per heavy atom. The SMILES string of the molecule is CCC(NC(=O)c1ccc(-c2c(C)n[nH]c2C)cc1)c1ncccc1C. The summed E-state index contributed by atoms with van der Waals surface area (Å²) in [6.45, 7) is 8.03. The lowest BCUT2D eigenvalue weighted by atomic mass is 10.0. The molecule has 0 saturated carbocycles. The third kappa shape index (κ3) is 3.52. The summed E-state index contributed by atoms with van der Waals surface area (Å²) < 4.78 is 0. The molecule has 0 aliphatic rings. The van der Waals surface area contributed by atoms with Crippen LogP contribution in [-0.4, -0.2) is 21.1 Å². The van der Waals surface area contributed by atoms with Gasteiger partial charge in [-0.15, -0.1) is 0 Å². The van der Waals surface area contributed by atoms with E-state index in [1.54, 1.807) is 6.20 Å². The average Bonchev–Trinajstić information content (AvgIpc) is 2.99. The Morgan fingerprint density at radius 2 is 1.88 bits per heavy atom. The van der Waals surface area contributed by atoms with E-state index in [0.29, 0.717) is 5.56 Å². The minimum absolute atomic E-state index is 0.0888. The molecule has 134 valence electrons. The molecule has 3 aromatic rings. The van der Waals surface area contributed by atoms with Crippen LogP contribution in [0.3, 0.4) is 0 Å². The van der Waals surface area contributed by atoms with E-state index in [1.807, 2.05) is 64.1 Å². The highest BCUT2D eigenvalue weighted by molar-refractivity contribution is 5.95. The predicted molar refractivity (Wildman–Crippen MR) is 103 cm³/mol. The van der Waals surface area contributed by atoms with Crippen molar-refractivity contribution in [2.24, 2.45) is 0 Å². The van der Waals surface area contributed by atoms with Crippen LogP contribution in [0.1, 0.15) is 52.4 Å². The molecule has 1 unspecified atom stereocenters. The Kier molecular flexibility index (Phi) is 5.16. The van der Waals surface area contributed by atoms with Crippen LogP contribution in [0.15, 0.2) is 42.6 Å². The molecule has 0 bridgehead atoms. The molecule has 1 amide bonds. The minimum Gasteiger partial charge on any atom is -0.344 e. The fraction of sp³-hybridized carbons (Fsp3) is 0.286. The van der Waals surface area contributed by atoms with Crippen molar-refractivity contribution in [3.8, 4) is 11.1 Å². The Hall–Kier alpha value is -2.95. The van der Waals surface area contributed by atoms with E-state index in [0.717, 1.165) is 40.2 Å². The monoisotopic (exact) mass is 348 g/mol. The standard InChI is InChI=1S/C21H24N4O/c1-5-18(20-13(2)7-6-12-22-20)23-21(26)17-10-8-16(9-11-17)19-14(3)24-25-15(19)4/h6-12,18H,5H2,1-4H3,(H,23,26)(H,24,25). The number of pyridine rings is 1.